The molecule has 206 valence electrons. The minimum Gasteiger partial charge on any atom is -0.493 e. The van der Waals surface area contributed by atoms with Gasteiger partial charge in [0.25, 0.3) is 0 Å². The summed E-state index contributed by atoms with van der Waals surface area (Å²) in [7, 11) is 3.32. The Bertz CT molecular complexity index is 1100. The summed E-state index contributed by atoms with van der Waals surface area (Å²) < 4.78 is 11.0. The SMILES string of the molecule is COc1cc2c(cc1OC)CN(C(=O)[C@@H]1C[C@H](NC3CCCCCCC3)CN1Cc1cccc(Cl)c1)CC2. The van der Waals surface area contributed by atoms with Gasteiger partial charge in [0.1, 0.15) is 0 Å². The summed E-state index contributed by atoms with van der Waals surface area (Å²) in [5.74, 6) is 1.69. The van der Waals surface area contributed by atoms with E-state index in [1.165, 1.54) is 50.5 Å². The van der Waals surface area contributed by atoms with E-state index in [0.29, 0.717) is 24.4 Å². The number of hydrogen-bond donors (Lipinski definition) is 1. The van der Waals surface area contributed by atoms with Crippen molar-refractivity contribution in [1.82, 2.24) is 15.1 Å². The number of nitrogens with one attached hydrogen (secondary N) is 1. The highest BCUT2D eigenvalue weighted by atomic mass is 35.5. The van der Waals surface area contributed by atoms with E-state index < -0.39 is 0 Å². The molecule has 0 radical (unpaired) electrons. The van der Waals surface area contributed by atoms with Crippen LogP contribution in [0.15, 0.2) is 36.4 Å². The van der Waals surface area contributed by atoms with Crippen LogP contribution < -0.4 is 14.8 Å². The summed E-state index contributed by atoms with van der Waals surface area (Å²) in [5, 5.41) is 4.72. The molecule has 3 aliphatic rings. The lowest BCUT2D eigenvalue weighted by atomic mass is 9.95. The van der Waals surface area contributed by atoms with E-state index in [2.05, 4.69) is 22.3 Å². The maximum Gasteiger partial charge on any atom is 0.240 e. The van der Waals surface area contributed by atoms with Gasteiger partial charge in [-0.05, 0) is 66.6 Å². The molecule has 1 N–H and O–H groups in total. The third kappa shape index (κ3) is 6.47. The molecule has 0 bridgehead atoms. The van der Waals surface area contributed by atoms with Crippen molar-refractivity contribution in [3.8, 4) is 11.5 Å². The number of ether oxygens (including phenoxy) is 2. The van der Waals surface area contributed by atoms with Crippen molar-refractivity contribution in [2.75, 3.05) is 27.3 Å². The quantitative estimate of drug-likeness (QED) is 0.497. The molecular weight excluding hydrogens is 498 g/mol. The van der Waals surface area contributed by atoms with Gasteiger partial charge in [0.05, 0.1) is 20.3 Å². The number of hydrogen-bond acceptors (Lipinski definition) is 5. The van der Waals surface area contributed by atoms with E-state index >= 15 is 0 Å². The second-order valence-electron chi connectivity index (χ2n) is 11.2. The topological polar surface area (TPSA) is 54.0 Å². The molecule has 6 nitrogen and oxygen atoms in total. The second kappa shape index (κ2) is 12.7. The summed E-state index contributed by atoms with van der Waals surface area (Å²) in [6.07, 6.45) is 10.8. The molecular formula is C31H42ClN3O3. The Balaban J connectivity index is 1.32. The van der Waals surface area contributed by atoms with Gasteiger partial charge >= 0.3 is 0 Å². The highest BCUT2D eigenvalue weighted by Crippen LogP contribution is 2.34. The van der Waals surface area contributed by atoms with Crippen molar-refractivity contribution in [2.24, 2.45) is 0 Å². The maximum atomic E-state index is 14.1. The lowest BCUT2D eigenvalue weighted by Gasteiger charge is -2.34. The summed E-state index contributed by atoms with van der Waals surface area (Å²) in [6, 6.07) is 12.9. The second-order valence-corrected chi connectivity index (χ2v) is 11.6. The zero-order valence-corrected chi connectivity index (χ0v) is 23.6. The molecule has 38 heavy (non-hydrogen) atoms. The molecule has 0 unspecified atom stereocenters. The Morgan fingerprint density at radius 3 is 2.39 bits per heavy atom. The molecule has 2 heterocycles. The van der Waals surface area contributed by atoms with E-state index in [1.54, 1.807) is 14.2 Å². The van der Waals surface area contributed by atoms with E-state index in [-0.39, 0.29) is 11.9 Å². The van der Waals surface area contributed by atoms with Gasteiger partial charge < -0.3 is 19.7 Å². The Morgan fingerprint density at radius 1 is 0.974 bits per heavy atom. The molecule has 1 aliphatic carbocycles. The average Bonchev–Trinajstić information content (AvgIpc) is 3.30. The van der Waals surface area contributed by atoms with Crippen molar-refractivity contribution in [3.63, 3.8) is 0 Å². The molecule has 1 amide bonds. The van der Waals surface area contributed by atoms with Crippen LogP contribution in [0.3, 0.4) is 0 Å². The molecule has 1 saturated carbocycles. The zero-order valence-electron chi connectivity index (χ0n) is 22.9. The van der Waals surface area contributed by atoms with Crippen molar-refractivity contribution in [2.45, 2.75) is 89.0 Å². The molecule has 2 fully saturated rings. The minimum atomic E-state index is -0.137. The van der Waals surface area contributed by atoms with Crippen molar-refractivity contribution < 1.29 is 14.3 Å². The van der Waals surface area contributed by atoms with Crippen LogP contribution in [0.1, 0.15) is 68.1 Å². The van der Waals surface area contributed by atoms with Crippen LogP contribution in [0.4, 0.5) is 0 Å². The number of benzene rings is 2. The first-order chi connectivity index (χ1) is 18.5. The number of carbonyl (C=O) groups excluding carboxylic acids is 1. The van der Waals surface area contributed by atoms with Crippen molar-refractivity contribution >= 4 is 17.5 Å². The molecule has 0 aromatic heterocycles. The smallest absolute Gasteiger partial charge is 0.240 e. The summed E-state index contributed by atoms with van der Waals surface area (Å²) in [5.41, 5.74) is 3.53. The van der Waals surface area contributed by atoms with E-state index in [0.717, 1.165) is 54.4 Å². The number of amides is 1. The Kier molecular flexibility index (Phi) is 9.13. The maximum absolute atomic E-state index is 14.1. The van der Waals surface area contributed by atoms with Gasteiger partial charge in [-0.25, -0.2) is 0 Å². The molecule has 1 saturated heterocycles. The number of likely N-dealkylation sites (tertiary alicyclic amines) is 1. The van der Waals surface area contributed by atoms with Crippen molar-refractivity contribution in [1.29, 1.82) is 0 Å². The van der Waals surface area contributed by atoms with Crippen LogP contribution in [0.2, 0.25) is 5.02 Å². The zero-order chi connectivity index (χ0) is 26.5. The number of fused-ring (bicyclic) bond motifs is 1. The molecule has 2 aliphatic heterocycles. The number of rotatable bonds is 7. The van der Waals surface area contributed by atoms with Crippen molar-refractivity contribution in [3.05, 3.63) is 58.1 Å². The van der Waals surface area contributed by atoms with Crippen LogP contribution in [0.25, 0.3) is 0 Å². The first kappa shape index (κ1) is 27.3. The third-order valence-corrected chi connectivity index (χ3v) is 8.80. The van der Waals surface area contributed by atoms with Gasteiger partial charge in [-0.3, -0.25) is 9.69 Å². The fourth-order valence-electron chi connectivity index (χ4n) is 6.56. The van der Waals surface area contributed by atoms with E-state index in [9.17, 15) is 4.79 Å². The molecule has 2 aromatic rings. The molecule has 5 rings (SSSR count). The first-order valence-electron chi connectivity index (χ1n) is 14.3. The average molecular weight is 540 g/mol. The van der Waals surface area contributed by atoms with Crippen LogP contribution in [0.5, 0.6) is 11.5 Å². The van der Waals surface area contributed by atoms with Crippen LogP contribution >= 0.6 is 11.6 Å². The summed E-state index contributed by atoms with van der Waals surface area (Å²) in [4.78, 5) is 18.5. The van der Waals surface area contributed by atoms with Crippen LogP contribution in [-0.4, -0.2) is 61.1 Å². The third-order valence-electron chi connectivity index (χ3n) is 8.57. The lowest BCUT2D eigenvalue weighted by Crippen LogP contribution is -2.47. The fraction of sp³-hybridized carbons (Fsp3) is 0.581. The summed E-state index contributed by atoms with van der Waals surface area (Å²) in [6.45, 7) is 2.95. The van der Waals surface area contributed by atoms with Gasteiger partial charge in [0, 0.05) is 43.3 Å². The van der Waals surface area contributed by atoms with Gasteiger partial charge in [-0.15, -0.1) is 0 Å². The number of nitrogens with zero attached hydrogens (tertiary/aromatic N) is 2. The molecule has 7 heteroatoms. The van der Waals surface area contributed by atoms with Gasteiger partial charge in [0.15, 0.2) is 11.5 Å². The number of carbonyl (C=O) groups is 1. The van der Waals surface area contributed by atoms with Crippen LogP contribution in [0, 0.1) is 0 Å². The predicted molar refractivity (Wildman–Crippen MR) is 152 cm³/mol. The Morgan fingerprint density at radius 2 is 1.68 bits per heavy atom. The van der Waals surface area contributed by atoms with E-state index in [4.69, 9.17) is 21.1 Å². The standard InChI is InChI=1S/C31H42ClN3O3/c1-37-29-16-23-13-14-34(20-24(23)17-30(29)38-2)31(36)28-18-27(33-26-11-6-4-3-5-7-12-26)21-35(28)19-22-9-8-10-25(32)15-22/h8-10,15-17,26-28,33H,3-7,11-14,18-21H2,1-2H3/t27-,28-/m0/s1. The minimum absolute atomic E-state index is 0.137. The largest absolute Gasteiger partial charge is 0.493 e. The van der Waals surface area contributed by atoms with Gasteiger partial charge in [-0.2, -0.15) is 0 Å². The van der Waals surface area contributed by atoms with Crippen LogP contribution in [-0.2, 0) is 24.3 Å². The Labute approximate surface area is 232 Å². The highest BCUT2D eigenvalue weighted by molar-refractivity contribution is 6.30. The molecule has 2 aromatic carbocycles. The number of methoxy groups -OCH3 is 2. The Hall–Kier alpha value is -2.28. The number of halogens is 1. The van der Waals surface area contributed by atoms with Gasteiger partial charge in [0.2, 0.25) is 5.91 Å². The first-order valence-corrected chi connectivity index (χ1v) is 14.7. The van der Waals surface area contributed by atoms with Gasteiger partial charge in [-0.1, -0.05) is 55.8 Å². The summed E-state index contributed by atoms with van der Waals surface area (Å²) >= 11 is 6.31. The van der Waals surface area contributed by atoms with E-state index in [1.807, 2.05) is 29.2 Å². The monoisotopic (exact) mass is 539 g/mol. The normalized spacial score (nSPS) is 23.0. The molecule has 2 atom stereocenters. The molecule has 0 spiro atoms. The predicted octanol–water partition coefficient (Wildman–Crippen LogP) is 5.59. The fourth-order valence-corrected chi connectivity index (χ4v) is 6.78. The highest BCUT2D eigenvalue weighted by Gasteiger charge is 2.40. The lowest BCUT2D eigenvalue weighted by molar-refractivity contribution is -0.137.